The van der Waals surface area contributed by atoms with Gasteiger partial charge in [0.25, 0.3) is 5.91 Å². The molecule has 3 nitrogen and oxygen atoms in total. The first kappa shape index (κ1) is 14.4. The van der Waals surface area contributed by atoms with Gasteiger partial charge in [0.1, 0.15) is 11.5 Å². The van der Waals surface area contributed by atoms with Crippen LogP contribution in [0.2, 0.25) is 5.02 Å². The highest BCUT2D eigenvalue weighted by molar-refractivity contribution is 7.99. The van der Waals surface area contributed by atoms with Gasteiger partial charge in [0.15, 0.2) is 0 Å². The summed E-state index contributed by atoms with van der Waals surface area (Å²) in [5.74, 6) is 0.285. The van der Waals surface area contributed by atoms with Crippen LogP contribution in [0, 0.1) is 5.82 Å². The number of benzene rings is 1. The van der Waals surface area contributed by atoms with E-state index < -0.39 is 0 Å². The third-order valence-corrected chi connectivity index (χ3v) is 4.63. The van der Waals surface area contributed by atoms with Crippen LogP contribution in [0.3, 0.4) is 0 Å². The minimum Gasteiger partial charge on any atom is -0.344 e. The van der Waals surface area contributed by atoms with Crippen LogP contribution in [-0.2, 0) is 0 Å². The van der Waals surface area contributed by atoms with Crippen molar-refractivity contribution in [3.63, 3.8) is 0 Å². The number of hydrogen-bond donors (Lipinski definition) is 1. The van der Waals surface area contributed by atoms with Crippen molar-refractivity contribution in [1.29, 1.82) is 0 Å². The summed E-state index contributed by atoms with van der Waals surface area (Å²) in [5.41, 5.74) is 1.08. The zero-order valence-electron chi connectivity index (χ0n) is 11.0. The Balaban J connectivity index is 1.83. The topological polar surface area (TPSA) is 42.0 Å². The second-order valence-corrected chi connectivity index (χ2v) is 6.28. The molecule has 1 aromatic heterocycles. The number of aromatic nitrogens is 1. The van der Waals surface area contributed by atoms with Crippen LogP contribution in [0.25, 0.3) is 0 Å². The summed E-state index contributed by atoms with van der Waals surface area (Å²) in [6.07, 6.45) is 2.25. The number of halogens is 2. The third-order valence-electron chi connectivity index (χ3n) is 3.27. The standard InChI is InChI=1S/C15H12ClFN2OS/c16-9-3-5-18-13(7-9)15(20)19-12-4-6-21-14-2-1-10(17)8-11(12)14/h1-3,5,7-8,12H,4,6H2,(H,19,20). The quantitative estimate of drug-likeness (QED) is 0.913. The van der Waals surface area contributed by atoms with Crippen molar-refractivity contribution < 1.29 is 9.18 Å². The fourth-order valence-electron chi connectivity index (χ4n) is 2.28. The monoisotopic (exact) mass is 322 g/mol. The molecule has 0 saturated heterocycles. The first-order valence-electron chi connectivity index (χ1n) is 6.48. The largest absolute Gasteiger partial charge is 0.344 e. The molecular weight excluding hydrogens is 311 g/mol. The highest BCUT2D eigenvalue weighted by Gasteiger charge is 2.23. The molecule has 1 atom stereocenters. The molecule has 1 unspecified atom stereocenters. The average Bonchev–Trinajstić information content (AvgIpc) is 2.48. The summed E-state index contributed by atoms with van der Waals surface area (Å²) in [6, 6.07) is 7.60. The lowest BCUT2D eigenvalue weighted by Crippen LogP contribution is -2.31. The molecule has 0 aliphatic carbocycles. The predicted molar refractivity (Wildman–Crippen MR) is 81.2 cm³/mol. The van der Waals surface area contributed by atoms with Crippen LogP contribution in [-0.4, -0.2) is 16.6 Å². The Morgan fingerprint density at radius 2 is 2.24 bits per heavy atom. The van der Waals surface area contributed by atoms with E-state index in [-0.39, 0.29) is 23.5 Å². The fourth-order valence-corrected chi connectivity index (χ4v) is 3.54. The molecule has 108 valence electrons. The molecule has 2 aromatic rings. The van der Waals surface area contributed by atoms with Gasteiger partial charge >= 0.3 is 0 Å². The molecule has 2 heterocycles. The second kappa shape index (κ2) is 6.03. The lowest BCUT2D eigenvalue weighted by molar-refractivity contribution is 0.0930. The molecule has 0 radical (unpaired) electrons. The van der Waals surface area contributed by atoms with E-state index in [9.17, 15) is 9.18 Å². The first-order chi connectivity index (χ1) is 10.1. The summed E-state index contributed by atoms with van der Waals surface area (Å²) in [7, 11) is 0. The van der Waals surface area contributed by atoms with E-state index in [1.165, 1.54) is 24.4 Å². The van der Waals surface area contributed by atoms with Crippen LogP contribution < -0.4 is 5.32 Å². The van der Waals surface area contributed by atoms with Crippen molar-refractivity contribution in [3.8, 4) is 0 Å². The minimum absolute atomic E-state index is 0.203. The van der Waals surface area contributed by atoms with Gasteiger partial charge < -0.3 is 5.32 Å². The number of pyridine rings is 1. The van der Waals surface area contributed by atoms with Crippen LogP contribution in [0.1, 0.15) is 28.5 Å². The van der Waals surface area contributed by atoms with Gasteiger partial charge in [0.05, 0.1) is 6.04 Å². The highest BCUT2D eigenvalue weighted by atomic mass is 35.5. The van der Waals surface area contributed by atoms with Gasteiger partial charge in [-0.3, -0.25) is 9.78 Å². The van der Waals surface area contributed by atoms with E-state index in [2.05, 4.69) is 10.3 Å². The minimum atomic E-state index is -0.301. The Morgan fingerprint density at radius 3 is 3.05 bits per heavy atom. The van der Waals surface area contributed by atoms with E-state index in [4.69, 9.17) is 11.6 Å². The van der Waals surface area contributed by atoms with E-state index >= 15 is 0 Å². The van der Waals surface area contributed by atoms with Crippen molar-refractivity contribution in [1.82, 2.24) is 10.3 Å². The zero-order valence-corrected chi connectivity index (χ0v) is 12.5. The average molecular weight is 323 g/mol. The lowest BCUT2D eigenvalue weighted by Gasteiger charge is -2.25. The SMILES string of the molecule is O=C(NC1CCSc2ccc(F)cc21)c1cc(Cl)ccn1. The Bertz CT molecular complexity index is 695. The van der Waals surface area contributed by atoms with Gasteiger partial charge in [-0.1, -0.05) is 11.6 Å². The number of rotatable bonds is 2. The van der Waals surface area contributed by atoms with Crippen molar-refractivity contribution in [2.75, 3.05) is 5.75 Å². The van der Waals surface area contributed by atoms with Crippen molar-refractivity contribution in [2.24, 2.45) is 0 Å². The molecule has 1 aliphatic rings. The lowest BCUT2D eigenvalue weighted by atomic mass is 10.0. The number of carbonyl (C=O) groups is 1. The van der Waals surface area contributed by atoms with Crippen LogP contribution >= 0.6 is 23.4 Å². The highest BCUT2D eigenvalue weighted by Crippen LogP contribution is 2.36. The number of thioether (sulfide) groups is 1. The molecule has 0 bridgehead atoms. The molecule has 21 heavy (non-hydrogen) atoms. The molecular formula is C15H12ClFN2OS. The van der Waals surface area contributed by atoms with Gasteiger partial charge in [0.2, 0.25) is 0 Å². The zero-order chi connectivity index (χ0) is 14.8. The normalized spacial score (nSPS) is 17.1. The van der Waals surface area contributed by atoms with Gasteiger partial charge in [-0.2, -0.15) is 0 Å². The molecule has 0 spiro atoms. The molecule has 1 aliphatic heterocycles. The van der Waals surface area contributed by atoms with E-state index in [1.807, 2.05) is 0 Å². The molecule has 1 N–H and O–H groups in total. The Hall–Kier alpha value is -1.59. The number of carbonyl (C=O) groups excluding carboxylic acids is 1. The maximum atomic E-state index is 13.4. The Labute approximate surface area is 130 Å². The van der Waals surface area contributed by atoms with Gasteiger partial charge in [0, 0.05) is 21.9 Å². The van der Waals surface area contributed by atoms with E-state index in [0.717, 1.165) is 22.6 Å². The number of nitrogens with one attached hydrogen (secondary N) is 1. The van der Waals surface area contributed by atoms with E-state index in [1.54, 1.807) is 23.9 Å². The van der Waals surface area contributed by atoms with Crippen molar-refractivity contribution in [3.05, 3.63) is 58.6 Å². The molecule has 1 amide bonds. The second-order valence-electron chi connectivity index (χ2n) is 4.70. The maximum absolute atomic E-state index is 13.4. The smallest absolute Gasteiger partial charge is 0.270 e. The number of fused-ring (bicyclic) bond motifs is 1. The number of amides is 1. The molecule has 0 saturated carbocycles. The van der Waals surface area contributed by atoms with E-state index in [0.29, 0.717) is 5.02 Å². The first-order valence-corrected chi connectivity index (χ1v) is 7.84. The maximum Gasteiger partial charge on any atom is 0.270 e. The third kappa shape index (κ3) is 3.19. The van der Waals surface area contributed by atoms with Crippen molar-refractivity contribution >= 4 is 29.3 Å². The van der Waals surface area contributed by atoms with Gasteiger partial charge in [-0.15, -0.1) is 11.8 Å². The number of nitrogens with zero attached hydrogens (tertiary/aromatic N) is 1. The Morgan fingerprint density at radius 1 is 1.38 bits per heavy atom. The number of hydrogen-bond acceptors (Lipinski definition) is 3. The summed E-state index contributed by atoms with van der Waals surface area (Å²) in [5, 5.41) is 3.36. The molecule has 6 heteroatoms. The summed E-state index contributed by atoms with van der Waals surface area (Å²) < 4.78 is 13.4. The summed E-state index contributed by atoms with van der Waals surface area (Å²) >= 11 is 7.53. The van der Waals surface area contributed by atoms with Crippen LogP contribution in [0.4, 0.5) is 4.39 Å². The summed E-state index contributed by atoms with van der Waals surface area (Å²) in [6.45, 7) is 0. The molecule has 3 rings (SSSR count). The van der Waals surface area contributed by atoms with Crippen molar-refractivity contribution in [2.45, 2.75) is 17.4 Å². The fraction of sp³-hybridized carbons (Fsp3) is 0.200. The molecule has 0 fully saturated rings. The van der Waals surface area contributed by atoms with Crippen LogP contribution in [0.5, 0.6) is 0 Å². The summed E-state index contributed by atoms with van der Waals surface area (Å²) in [4.78, 5) is 17.2. The van der Waals surface area contributed by atoms with Crippen LogP contribution in [0.15, 0.2) is 41.4 Å². The predicted octanol–water partition coefficient (Wildman–Crippen LogP) is 3.84. The van der Waals surface area contributed by atoms with Gasteiger partial charge in [-0.05, 0) is 42.3 Å². The molecule has 1 aromatic carbocycles. The van der Waals surface area contributed by atoms with Gasteiger partial charge in [-0.25, -0.2) is 4.39 Å². The Kier molecular flexibility index (Phi) is 4.12.